The number of carbonyl (C=O) groups excluding carboxylic acids is 1. The summed E-state index contributed by atoms with van der Waals surface area (Å²) in [4.78, 5) is 15.1. The van der Waals surface area contributed by atoms with E-state index in [2.05, 4.69) is 22.6 Å². The molecule has 0 aromatic rings. The van der Waals surface area contributed by atoms with Crippen LogP contribution in [0.1, 0.15) is 44.9 Å². The first kappa shape index (κ1) is 21.0. The van der Waals surface area contributed by atoms with Gasteiger partial charge in [0.2, 0.25) is 5.91 Å². The summed E-state index contributed by atoms with van der Waals surface area (Å²) in [5.74, 6) is 1.72. The summed E-state index contributed by atoms with van der Waals surface area (Å²) in [6.07, 6.45) is 8.59. The highest BCUT2D eigenvalue weighted by atomic mass is 35.5. The number of nitrogens with one attached hydrogen (secondary N) is 2. The number of fused-ring (bicyclic) bond motifs is 1. The highest BCUT2D eigenvalue weighted by Gasteiger charge is 2.49. The molecule has 1 amide bonds. The maximum Gasteiger partial charge on any atom is 0.227 e. The van der Waals surface area contributed by atoms with Crippen LogP contribution in [0.3, 0.4) is 0 Å². The van der Waals surface area contributed by atoms with Gasteiger partial charge in [-0.3, -0.25) is 4.79 Å². The van der Waals surface area contributed by atoms with Crippen molar-refractivity contribution in [3.05, 3.63) is 0 Å². The van der Waals surface area contributed by atoms with Crippen molar-refractivity contribution in [1.82, 2.24) is 15.5 Å². The molecule has 0 aromatic heterocycles. The van der Waals surface area contributed by atoms with Gasteiger partial charge in [0.1, 0.15) is 0 Å². The smallest absolute Gasteiger partial charge is 0.227 e. The number of nitrogens with zero attached hydrogens (tertiary/aromatic N) is 1. The molecule has 2 saturated heterocycles. The van der Waals surface area contributed by atoms with Crippen molar-refractivity contribution >= 4 is 30.7 Å². The number of hydrogen-bond donors (Lipinski definition) is 2. The number of likely N-dealkylation sites (tertiary alicyclic amines) is 1. The molecule has 3 fully saturated rings. The van der Waals surface area contributed by atoms with Crippen LogP contribution in [0.5, 0.6) is 0 Å². The molecule has 6 heteroatoms. The van der Waals surface area contributed by atoms with Crippen molar-refractivity contribution in [2.75, 3.05) is 39.8 Å². The minimum Gasteiger partial charge on any atom is -0.356 e. The van der Waals surface area contributed by atoms with Crippen LogP contribution in [-0.2, 0) is 4.79 Å². The summed E-state index contributed by atoms with van der Waals surface area (Å²) in [5, 5.41) is 6.74. The van der Waals surface area contributed by atoms with Crippen LogP contribution in [0.15, 0.2) is 0 Å². The average Bonchev–Trinajstić information content (AvgIpc) is 2.94. The first-order valence-corrected chi connectivity index (χ1v) is 8.88. The maximum absolute atomic E-state index is 12.7. The molecule has 0 radical (unpaired) electrons. The lowest BCUT2D eigenvalue weighted by atomic mass is 9.67. The summed E-state index contributed by atoms with van der Waals surface area (Å²) >= 11 is 0. The third-order valence-electron chi connectivity index (χ3n) is 6.17. The van der Waals surface area contributed by atoms with Crippen LogP contribution in [0.25, 0.3) is 0 Å². The lowest BCUT2D eigenvalue weighted by Gasteiger charge is -2.37. The fourth-order valence-electron chi connectivity index (χ4n) is 4.61. The number of piperidine rings is 1. The minimum absolute atomic E-state index is 0. The highest BCUT2D eigenvalue weighted by molar-refractivity contribution is 5.85. The Balaban J connectivity index is 0.00000132. The van der Waals surface area contributed by atoms with Gasteiger partial charge in [0.05, 0.1) is 5.41 Å². The van der Waals surface area contributed by atoms with Crippen LogP contribution in [0, 0.1) is 17.3 Å². The van der Waals surface area contributed by atoms with Gasteiger partial charge in [-0.1, -0.05) is 12.8 Å². The Labute approximate surface area is 153 Å². The van der Waals surface area contributed by atoms with Gasteiger partial charge in [-0.25, -0.2) is 0 Å². The predicted octanol–water partition coefficient (Wildman–Crippen LogP) is 2.46. The molecule has 3 aliphatic rings. The number of halogens is 2. The second-order valence-corrected chi connectivity index (χ2v) is 7.52. The van der Waals surface area contributed by atoms with E-state index in [1.165, 1.54) is 45.2 Å². The maximum atomic E-state index is 12.7. The number of amides is 1. The Morgan fingerprint density at radius 1 is 1.22 bits per heavy atom. The van der Waals surface area contributed by atoms with E-state index in [4.69, 9.17) is 0 Å². The lowest BCUT2D eigenvalue weighted by Crippen LogP contribution is -2.48. The summed E-state index contributed by atoms with van der Waals surface area (Å²) in [6.45, 7) is 5.25. The van der Waals surface area contributed by atoms with Crippen molar-refractivity contribution < 1.29 is 4.79 Å². The Bertz CT molecular complexity index is 375. The molecule has 2 N–H and O–H groups in total. The molecule has 0 spiro atoms. The van der Waals surface area contributed by atoms with Crippen molar-refractivity contribution in [3.8, 4) is 0 Å². The van der Waals surface area contributed by atoms with Crippen LogP contribution in [0.4, 0.5) is 0 Å². The SMILES string of the molecule is CN1CCC(CCNC(=O)[C@@]23CCCC[C@H]2CNC3)CC1.Cl.Cl. The zero-order valence-corrected chi connectivity index (χ0v) is 15.9. The fraction of sp³-hybridized carbons (Fsp3) is 0.941. The third-order valence-corrected chi connectivity index (χ3v) is 6.17. The molecule has 2 aliphatic heterocycles. The lowest BCUT2D eigenvalue weighted by molar-refractivity contribution is -0.134. The Morgan fingerprint density at radius 3 is 2.70 bits per heavy atom. The predicted molar refractivity (Wildman–Crippen MR) is 99.6 cm³/mol. The first-order chi connectivity index (χ1) is 10.2. The van der Waals surface area contributed by atoms with Crippen LogP contribution < -0.4 is 10.6 Å². The molecule has 136 valence electrons. The topological polar surface area (TPSA) is 44.4 Å². The van der Waals surface area contributed by atoms with Crippen molar-refractivity contribution in [2.24, 2.45) is 17.3 Å². The molecule has 0 unspecified atom stereocenters. The van der Waals surface area contributed by atoms with Crippen molar-refractivity contribution in [1.29, 1.82) is 0 Å². The molecule has 0 aromatic carbocycles. The van der Waals surface area contributed by atoms with E-state index in [0.717, 1.165) is 38.4 Å². The van der Waals surface area contributed by atoms with E-state index in [-0.39, 0.29) is 30.2 Å². The van der Waals surface area contributed by atoms with Crippen molar-refractivity contribution in [2.45, 2.75) is 44.9 Å². The normalized spacial score (nSPS) is 31.6. The van der Waals surface area contributed by atoms with Gasteiger partial charge in [0.25, 0.3) is 0 Å². The molecule has 2 atom stereocenters. The van der Waals surface area contributed by atoms with E-state index < -0.39 is 0 Å². The first-order valence-electron chi connectivity index (χ1n) is 8.88. The molecule has 2 heterocycles. The summed E-state index contributed by atoms with van der Waals surface area (Å²) in [6, 6.07) is 0. The average molecular weight is 366 g/mol. The molecule has 1 saturated carbocycles. The molecule has 4 nitrogen and oxygen atoms in total. The second kappa shape index (κ2) is 9.45. The molecular formula is C17H33Cl2N3O. The van der Waals surface area contributed by atoms with Crippen LogP contribution >= 0.6 is 24.8 Å². The van der Waals surface area contributed by atoms with Crippen molar-refractivity contribution in [3.63, 3.8) is 0 Å². The summed E-state index contributed by atoms with van der Waals surface area (Å²) in [5.41, 5.74) is -0.0783. The Kier molecular flexibility index (Phi) is 8.64. The monoisotopic (exact) mass is 365 g/mol. The molecular weight excluding hydrogens is 333 g/mol. The van der Waals surface area contributed by atoms with Gasteiger partial charge in [-0.15, -0.1) is 24.8 Å². The molecule has 1 aliphatic carbocycles. The zero-order valence-electron chi connectivity index (χ0n) is 14.3. The number of carbonyl (C=O) groups is 1. The molecule has 23 heavy (non-hydrogen) atoms. The van der Waals surface area contributed by atoms with Gasteiger partial charge in [-0.05, 0) is 70.6 Å². The highest BCUT2D eigenvalue weighted by Crippen LogP contribution is 2.43. The quantitative estimate of drug-likeness (QED) is 0.803. The van der Waals surface area contributed by atoms with E-state index in [1.54, 1.807) is 0 Å². The van der Waals surface area contributed by atoms with Gasteiger partial charge in [-0.2, -0.15) is 0 Å². The molecule has 3 rings (SSSR count). The van der Waals surface area contributed by atoms with Crippen LogP contribution in [-0.4, -0.2) is 50.6 Å². The molecule has 0 bridgehead atoms. The Hall–Kier alpha value is -0.0300. The van der Waals surface area contributed by atoms with E-state index in [0.29, 0.717) is 11.8 Å². The third kappa shape index (κ3) is 4.75. The largest absolute Gasteiger partial charge is 0.356 e. The Morgan fingerprint density at radius 2 is 1.96 bits per heavy atom. The van der Waals surface area contributed by atoms with E-state index in [9.17, 15) is 4.79 Å². The van der Waals surface area contributed by atoms with Gasteiger partial charge < -0.3 is 15.5 Å². The zero-order chi connectivity index (χ0) is 14.7. The van der Waals surface area contributed by atoms with Gasteiger partial charge in [0.15, 0.2) is 0 Å². The van der Waals surface area contributed by atoms with Crippen LogP contribution in [0.2, 0.25) is 0 Å². The fourth-order valence-corrected chi connectivity index (χ4v) is 4.61. The van der Waals surface area contributed by atoms with E-state index >= 15 is 0 Å². The van der Waals surface area contributed by atoms with Gasteiger partial charge in [0, 0.05) is 13.1 Å². The van der Waals surface area contributed by atoms with Gasteiger partial charge >= 0.3 is 0 Å². The minimum atomic E-state index is -0.0783. The standard InChI is InChI=1S/C17H31N3O.2ClH/c1-20-10-6-14(7-11-20)5-9-19-16(21)17-8-3-2-4-15(17)12-18-13-17;;/h14-15,18H,2-13H2,1H3,(H,19,21);2*1H/t15-,17+;;/m0../s1. The summed E-state index contributed by atoms with van der Waals surface area (Å²) in [7, 11) is 2.20. The number of rotatable bonds is 4. The second-order valence-electron chi connectivity index (χ2n) is 7.52. The van der Waals surface area contributed by atoms with E-state index in [1.807, 2.05) is 0 Å². The number of hydrogen-bond acceptors (Lipinski definition) is 3. The summed E-state index contributed by atoms with van der Waals surface area (Å²) < 4.78 is 0.